The van der Waals surface area contributed by atoms with Crippen molar-refractivity contribution in [2.45, 2.75) is 12.8 Å². The van der Waals surface area contributed by atoms with Crippen molar-refractivity contribution in [3.63, 3.8) is 0 Å². The Morgan fingerprint density at radius 3 is 2.79 bits per heavy atom. The zero-order chi connectivity index (χ0) is 13.1. The van der Waals surface area contributed by atoms with Crippen LogP contribution < -0.4 is 5.43 Å². The first-order chi connectivity index (χ1) is 9.33. The van der Waals surface area contributed by atoms with Gasteiger partial charge in [0.25, 0.3) is 0 Å². The first-order valence-electron chi connectivity index (χ1n) is 6.23. The summed E-state index contributed by atoms with van der Waals surface area (Å²) in [5.41, 5.74) is 1.80. The third-order valence-electron chi connectivity index (χ3n) is 3.07. The van der Waals surface area contributed by atoms with Gasteiger partial charge in [0.2, 0.25) is 0 Å². The van der Waals surface area contributed by atoms with Crippen LogP contribution in [-0.2, 0) is 12.8 Å². The SMILES string of the molecule is O=c1cc(CCc2cccnc2)oc2ccccc12. The molecule has 3 aromatic rings. The fraction of sp³-hybridized carbons (Fsp3) is 0.125. The number of para-hydroxylation sites is 1. The summed E-state index contributed by atoms with van der Waals surface area (Å²) in [5, 5.41) is 0.632. The van der Waals surface area contributed by atoms with Gasteiger partial charge in [-0.05, 0) is 30.2 Å². The molecule has 0 amide bonds. The Morgan fingerprint density at radius 2 is 1.95 bits per heavy atom. The van der Waals surface area contributed by atoms with Crippen molar-refractivity contribution in [3.05, 3.63) is 76.4 Å². The number of fused-ring (bicyclic) bond motifs is 1. The molecule has 3 rings (SSSR count). The topological polar surface area (TPSA) is 43.1 Å². The number of aryl methyl sites for hydroxylation is 2. The molecule has 3 nitrogen and oxygen atoms in total. The van der Waals surface area contributed by atoms with Gasteiger partial charge in [-0.3, -0.25) is 9.78 Å². The molecule has 3 heteroatoms. The molecule has 0 spiro atoms. The van der Waals surface area contributed by atoms with Gasteiger partial charge in [-0.25, -0.2) is 0 Å². The number of hydrogen-bond donors (Lipinski definition) is 0. The van der Waals surface area contributed by atoms with Crippen molar-refractivity contribution in [2.24, 2.45) is 0 Å². The summed E-state index contributed by atoms with van der Waals surface area (Å²) in [6.07, 6.45) is 5.10. The highest BCUT2D eigenvalue weighted by molar-refractivity contribution is 5.76. The lowest BCUT2D eigenvalue weighted by Crippen LogP contribution is -2.03. The standard InChI is InChI=1S/C16H13NO2/c18-15-10-13(8-7-12-4-3-9-17-11-12)19-16-6-2-1-5-14(15)16/h1-6,9-11H,7-8H2. The molecule has 0 N–H and O–H groups in total. The van der Waals surface area contributed by atoms with Crippen molar-refractivity contribution < 1.29 is 4.42 Å². The summed E-state index contributed by atoms with van der Waals surface area (Å²) in [7, 11) is 0. The van der Waals surface area contributed by atoms with E-state index in [4.69, 9.17) is 4.42 Å². The van der Waals surface area contributed by atoms with E-state index in [2.05, 4.69) is 4.98 Å². The number of rotatable bonds is 3. The van der Waals surface area contributed by atoms with Gasteiger partial charge < -0.3 is 4.42 Å². The van der Waals surface area contributed by atoms with Gasteiger partial charge in [0.05, 0.1) is 5.39 Å². The Kier molecular flexibility index (Phi) is 3.11. The number of nitrogens with zero attached hydrogens (tertiary/aromatic N) is 1. The van der Waals surface area contributed by atoms with E-state index < -0.39 is 0 Å². The predicted octanol–water partition coefficient (Wildman–Crippen LogP) is 2.97. The summed E-state index contributed by atoms with van der Waals surface area (Å²) in [4.78, 5) is 16.0. The molecule has 94 valence electrons. The lowest BCUT2D eigenvalue weighted by molar-refractivity contribution is 0.534. The van der Waals surface area contributed by atoms with E-state index in [1.165, 1.54) is 0 Å². The maximum atomic E-state index is 11.9. The Balaban J connectivity index is 1.88. The van der Waals surface area contributed by atoms with Crippen molar-refractivity contribution in [2.75, 3.05) is 0 Å². The highest BCUT2D eigenvalue weighted by Crippen LogP contribution is 2.13. The summed E-state index contributed by atoms with van der Waals surface area (Å²) in [5.74, 6) is 0.715. The average molecular weight is 251 g/mol. The van der Waals surface area contributed by atoms with Gasteiger partial charge in [0, 0.05) is 24.9 Å². The summed E-state index contributed by atoms with van der Waals surface area (Å²) < 4.78 is 5.74. The number of benzene rings is 1. The minimum absolute atomic E-state index is 0.0167. The lowest BCUT2D eigenvalue weighted by Gasteiger charge is -2.03. The molecule has 0 atom stereocenters. The Hall–Kier alpha value is -2.42. The maximum Gasteiger partial charge on any atom is 0.192 e. The second-order valence-corrected chi connectivity index (χ2v) is 4.43. The van der Waals surface area contributed by atoms with E-state index in [0.29, 0.717) is 23.2 Å². The number of pyridine rings is 1. The maximum absolute atomic E-state index is 11.9. The average Bonchev–Trinajstić information content (AvgIpc) is 2.46. The molecule has 0 bridgehead atoms. The van der Waals surface area contributed by atoms with Crippen molar-refractivity contribution in [1.82, 2.24) is 4.98 Å². The van der Waals surface area contributed by atoms with E-state index in [-0.39, 0.29) is 5.43 Å². The lowest BCUT2D eigenvalue weighted by atomic mass is 10.1. The minimum atomic E-state index is 0.0167. The molecule has 2 heterocycles. The van der Waals surface area contributed by atoms with Crippen LogP contribution in [0.2, 0.25) is 0 Å². The van der Waals surface area contributed by atoms with Gasteiger partial charge in [-0.15, -0.1) is 0 Å². The predicted molar refractivity (Wildman–Crippen MR) is 74.1 cm³/mol. The van der Waals surface area contributed by atoms with E-state index in [9.17, 15) is 4.79 Å². The van der Waals surface area contributed by atoms with Crippen LogP contribution in [0.25, 0.3) is 11.0 Å². The van der Waals surface area contributed by atoms with Crippen LogP contribution in [0.1, 0.15) is 11.3 Å². The van der Waals surface area contributed by atoms with Crippen LogP contribution in [0.3, 0.4) is 0 Å². The summed E-state index contributed by atoms with van der Waals surface area (Å²) in [6, 6.07) is 12.8. The molecule has 0 fully saturated rings. The molecule has 0 aliphatic carbocycles. The monoisotopic (exact) mass is 251 g/mol. The van der Waals surface area contributed by atoms with E-state index in [0.717, 1.165) is 12.0 Å². The van der Waals surface area contributed by atoms with Crippen LogP contribution in [0, 0.1) is 0 Å². The molecule has 2 aromatic heterocycles. The first-order valence-corrected chi connectivity index (χ1v) is 6.23. The first kappa shape index (κ1) is 11.7. The van der Waals surface area contributed by atoms with Gasteiger partial charge in [-0.2, -0.15) is 0 Å². The van der Waals surface area contributed by atoms with E-state index in [1.54, 1.807) is 18.3 Å². The summed E-state index contributed by atoms with van der Waals surface area (Å²) in [6.45, 7) is 0. The second-order valence-electron chi connectivity index (χ2n) is 4.43. The molecule has 0 aliphatic rings. The molecule has 0 aliphatic heterocycles. The second kappa shape index (κ2) is 5.06. The van der Waals surface area contributed by atoms with E-state index >= 15 is 0 Å². The highest BCUT2D eigenvalue weighted by atomic mass is 16.3. The molecule has 0 radical (unpaired) electrons. The largest absolute Gasteiger partial charge is 0.461 e. The van der Waals surface area contributed by atoms with Crippen LogP contribution in [0.4, 0.5) is 0 Å². The molecule has 0 unspecified atom stereocenters. The fourth-order valence-electron chi connectivity index (χ4n) is 2.09. The quantitative estimate of drug-likeness (QED) is 0.718. The van der Waals surface area contributed by atoms with Crippen molar-refractivity contribution in [3.8, 4) is 0 Å². The highest BCUT2D eigenvalue weighted by Gasteiger charge is 2.04. The Labute approximate surface area is 110 Å². The third-order valence-corrected chi connectivity index (χ3v) is 3.07. The van der Waals surface area contributed by atoms with Crippen molar-refractivity contribution >= 4 is 11.0 Å². The zero-order valence-corrected chi connectivity index (χ0v) is 10.4. The fourth-order valence-corrected chi connectivity index (χ4v) is 2.09. The molecular formula is C16H13NO2. The third kappa shape index (κ3) is 2.55. The van der Waals surface area contributed by atoms with Crippen LogP contribution in [0.15, 0.2) is 64.1 Å². The molecule has 1 aromatic carbocycles. The van der Waals surface area contributed by atoms with Gasteiger partial charge in [0.1, 0.15) is 11.3 Å². The number of hydrogen-bond acceptors (Lipinski definition) is 3. The van der Waals surface area contributed by atoms with E-state index in [1.807, 2.05) is 36.5 Å². The smallest absolute Gasteiger partial charge is 0.192 e. The summed E-state index contributed by atoms with van der Waals surface area (Å²) >= 11 is 0. The van der Waals surface area contributed by atoms with Crippen LogP contribution in [-0.4, -0.2) is 4.98 Å². The molecule has 0 saturated heterocycles. The van der Waals surface area contributed by atoms with Crippen molar-refractivity contribution in [1.29, 1.82) is 0 Å². The number of aromatic nitrogens is 1. The Bertz CT molecular complexity index is 747. The Morgan fingerprint density at radius 1 is 1.05 bits per heavy atom. The van der Waals surface area contributed by atoms with Gasteiger partial charge in [0.15, 0.2) is 5.43 Å². The van der Waals surface area contributed by atoms with Gasteiger partial charge in [-0.1, -0.05) is 18.2 Å². The van der Waals surface area contributed by atoms with Gasteiger partial charge >= 0.3 is 0 Å². The normalized spacial score (nSPS) is 10.7. The molecule has 19 heavy (non-hydrogen) atoms. The van der Waals surface area contributed by atoms with Crippen LogP contribution in [0.5, 0.6) is 0 Å². The zero-order valence-electron chi connectivity index (χ0n) is 10.4. The molecular weight excluding hydrogens is 238 g/mol. The minimum Gasteiger partial charge on any atom is -0.461 e. The molecule has 0 saturated carbocycles. The van der Waals surface area contributed by atoms with Crippen LogP contribution >= 0.6 is 0 Å².